The molecular weight excluding hydrogens is 282 g/mol. The van der Waals surface area contributed by atoms with E-state index >= 15 is 0 Å². The maximum absolute atomic E-state index is 11.5. The van der Waals surface area contributed by atoms with Crippen molar-refractivity contribution in [3.05, 3.63) is 0 Å². The number of halogens is 1. The monoisotopic (exact) mass is 309 g/mol. The molecule has 1 aliphatic heterocycles. The van der Waals surface area contributed by atoms with E-state index in [1.165, 1.54) is 0 Å². The van der Waals surface area contributed by atoms with Gasteiger partial charge >= 0.3 is 0 Å². The Morgan fingerprint density at radius 1 is 1.26 bits per heavy atom. The topological polar surface area (TPSA) is 44.4 Å². The van der Waals surface area contributed by atoms with E-state index in [4.69, 9.17) is 0 Å². The van der Waals surface area contributed by atoms with Crippen LogP contribution < -0.4 is 10.6 Å². The van der Waals surface area contributed by atoms with E-state index in [0.717, 1.165) is 64.3 Å². The fourth-order valence-corrected chi connectivity index (χ4v) is 2.58. The molecule has 19 heavy (non-hydrogen) atoms. The quantitative estimate of drug-likeness (QED) is 0.631. The fraction of sp³-hybridized carbons (Fsp3) is 0.923. The maximum Gasteiger partial charge on any atom is 0.219 e. The van der Waals surface area contributed by atoms with Gasteiger partial charge in [0.2, 0.25) is 5.91 Å². The molecule has 1 saturated heterocycles. The van der Waals surface area contributed by atoms with Crippen molar-refractivity contribution in [2.75, 3.05) is 51.3 Å². The number of hydrogen-bond donors (Lipinski definition) is 2. The number of amides is 1. The van der Waals surface area contributed by atoms with Crippen molar-refractivity contribution in [1.29, 1.82) is 0 Å². The van der Waals surface area contributed by atoms with Crippen molar-refractivity contribution >= 4 is 30.1 Å². The average Bonchev–Trinajstić information content (AvgIpc) is 2.41. The van der Waals surface area contributed by atoms with E-state index in [9.17, 15) is 4.79 Å². The van der Waals surface area contributed by atoms with Crippen LogP contribution in [0.15, 0.2) is 0 Å². The predicted molar refractivity (Wildman–Crippen MR) is 86.4 cm³/mol. The van der Waals surface area contributed by atoms with E-state index in [1.54, 1.807) is 0 Å². The summed E-state index contributed by atoms with van der Waals surface area (Å²) in [5.74, 6) is 1.38. The van der Waals surface area contributed by atoms with Crippen LogP contribution in [0, 0.1) is 0 Å². The van der Waals surface area contributed by atoms with E-state index < -0.39 is 0 Å². The summed E-state index contributed by atoms with van der Waals surface area (Å²) in [4.78, 5) is 14.0. The fourth-order valence-electron chi connectivity index (χ4n) is 2.09. The van der Waals surface area contributed by atoms with Gasteiger partial charge in [0.1, 0.15) is 0 Å². The first-order valence-corrected chi connectivity index (χ1v) is 8.41. The molecule has 0 aromatic carbocycles. The first-order valence-electron chi connectivity index (χ1n) is 7.01. The van der Waals surface area contributed by atoms with E-state index in [2.05, 4.69) is 21.8 Å². The molecule has 1 rings (SSSR count). The number of carbonyl (C=O) groups is 1. The van der Waals surface area contributed by atoms with Gasteiger partial charge in [0.05, 0.1) is 0 Å². The summed E-state index contributed by atoms with van der Waals surface area (Å²) in [7, 11) is 0. The molecule has 0 unspecified atom stereocenters. The van der Waals surface area contributed by atoms with Crippen LogP contribution in [0.4, 0.5) is 0 Å². The van der Waals surface area contributed by atoms with Crippen LogP contribution in [0.5, 0.6) is 0 Å². The van der Waals surface area contributed by atoms with Crippen molar-refractivity contribution in [3.63, 3.8) is 0 Å². The molecule has 6 heteroatoms. The number of piperazine rings is 1. The SMILES string of the molecule is CSCCCCC(=O)NCCCN1CCNCC1.Cl. The Kier molecular flexibility index (Phi) is 13.1. The Morgan fingerprint density at radius 2 is 2.00 bits per heavy atom. The van der Waals surface area contributed by atoms with E-state index in [1.807, 2.05) is 11.8 Å². The van der Waals surface area contributed by atoms with Crippen LogP contribution in [0.25, 0.3) is 0 Å². The summed E-state index contributed by atoms with van der Waals surface area (Å²) in [5.41, 5.74) is 0. The van der Waals surface area contributed by atoms with Gasteiger partial charge in [-0.1, -0.05) is 0 Å². The number of nitrogens with zero attached hydrogens (tertiary/aromatic N) is 1. The van der Waals surface area contributed by atoms with Gasteiger partial charge in [0.25, 0.3) is 0 Å². The lowest BCUT2D eigenvalue weighted by molar-refractivity contribution is -0.121. The highest BCUT2D eigenvalue weighted by atomic mass is 35.5. The number of hydrogen-bond acceptors (Lipinski definition) is 4. The van der Waals surface area contributed by atoms with Crippen LogP contribution in [-0.2, 0) is 4.79 Å². The van der Waals surface area contributed by atoms with Crippen molar-refractivity contribution in [2.24, 2.45) is 0 Å². The van der Waals surface area contributed by atoms with Gasteiger partial charge in [-0.25, -0.2) is 0 Å². The van der Waals surface area contributed by atoms with E-state index in [0.29, 0.717) is 6.42 Å². The first-order chi connectivity index (χ1) is 8.83. The molecule has 0 aromatic heterocycles. The Morgan fingerprint density at radius 3 is 2.68 bits per heavy atom. The maximum atomic E-state index is 11.5. The highest BCUT2D eigenvalue weighted by Gasteiger charge is 2.08. The van der Waals surface area contributed by atoms with Gasteiger partial charge in [0.15, 0.2) is 0 Å². The average molecular weight is 310 g/mol. The lowest BCUT2D eigenvalue weighted by Crippen LogP contribution is -2.44. The molecule has 0 saturated carbocycles. The second kappa shape index (κ2) is 13.0. The summed E-state index contributed by atoms with van der Waals surface area (Å²) >= 11 is 1.85. The Bertz CT molecular complexity index is 226. The van der Waals surface area contributed by atoms with E-state index in [-0.39, 0.29) is 18.3 Å². The normalized spacial score (nSPS) is 15.8. The van der Waals surface area contributed by atoms with Crippen LogP contribution in [-0.4, -0.2) is 62.1 Å². The van der Waals surface area contributed by atoms with Crippen LogP contribution >= 0.6 is 24.2 Å². The summed E-state index contributed by atoms with van der Waals surface area (Å²) in [5, 5.41) is 6.35. The number of thioether (sulfide) groups is 1. The second-order valence-electron chi connectivity index (χ2n) is 4.75. The molecule has 0 bridgehead atoms. The lowest BCUT2D eigenvalue weighted by Gasteiger charge is -2.27. The molecule has 0 spiro atoms. The third kappa shape index (κ3) is 10.5. The second-order valence-corrected chi connectivity index (χ2v) is 5.73. The Labute approximate surface area is 127 Å². The standard InChI is InChI=1S/C13H27N3OS.ClH/c1-18-12-3-2-5-13(17)15-6-4-9-16-10-7-14-8-11-16;/h14H,2-12H2,1H3,(H,15,17);1H. The van der Waals surface area contributed by atoms with Crippen molar-refractivity contribution in [2.45, 2.75) is 25.7 Å². The van der Waals surface area contributed by atoms with Crippen molar-refractivity contribution in [3.8, 4) is 0 Å². The number of nitrogens with one attached hydrogen (secondary N) is 2. The molecule has 2 N–H and O–H groups in total. The summed E-state index contributed by atoms with van der Waals surface area (Å²) < 4.78 is 0. The molecular formula is C13H28ClN3OS. The first kappa shape index (κ1) is 19.0. The highest BCUT2D eigenvalue weighted by molar-refractivity contribution is 7.98. The smallest absolute Gasteiger partial charge is 0.219 e. The van der Waals surface area contributed by atoms with Gasteiger partial charge < -0.3 is 15.5 Å². The van der Waals surface area contributed by atoms with Gasteiger partial charge in [-0.3, -0.25) is 4.79 Å². The molecule has 0 radical (unpaired) electrons. The minimum absolute atomic E-state index is 0. The summed E-state index contributed by atoms with van der Waals surface area (Å²) in [6.07, 6.45) is 6.03. The lowest BCUT2D eigenvalue weighted by atomic mass is 10.2. The van der Waals surface area contributed by atoms with Gasteiger partial charge in [-0.2, -0.15) is 11.8 Å². The minimum atomic E-state index is 0. The third-order valence-corrected chi connectivity index (χ3v) is 3.88. The molecule has 114 valence electrons. The zero-order valence-corrected chi connectivity index (χ0v) is 13.6. The Hall–Kier alpha value is 0.0300. The van der Waals surface area contributed by atoms with Crippen LogP contribution in [0.2, 0.25) is 0 Å². The van der Waals surface area contributed by atoms with Crippen LogP contribution in [0.1, 0.15) is 25.7 Å². The van der Waals surface area contributed by atoms with Gasteiger partial charge in [0, 0.05) is 39.1 Å². The highest BCUT2D eigenvalue weighted by Crippen LogP contribution is 2.02. The molecule has 0 aromatic rings. The zero-order chi connectivity index (χ0) is 13.1. The van der Waals surface area contributed by atoms with Gasteiger partial charge in [-0.15, -0.1) is 12.4 Å². The molecule has 0 aliphatic carbocycles. The summed E-state index contributed by atoms with van der Waals surface area (Å²) in [6.45, 7) is 6.41. The zero-order valence-electron chi connectivity index (χ0n) is 12.0. The number of rotatable bonds is 9. The molecule has 1 aliphatic rings. The minimum Gasteiger partial charge on any atom is -0.356 e. The van der Waals surface area contributed by atoms with Crippen molar-refractivity contribution in [1.82, 2.24) is 15.5 Å². The molecule has 1 heterocycles. The summed E-state index contributed by atoms with van der Waals surface area (Å²) in [6, 6.07) is 0. The molecule has 1 amide bonds. The van der Waals surface area contributed by atoms with Gasteiger partial charge in [-0.05, 0) is 37.8 Å². The number of unbranched alkanes of at least 4 members (excludes halogenated alkanes) is 1. The van der Waals surface area contributed by atoms with Crippen LogP contribution in [0.3, 0.4) is 0 Å². The largest absolute Gasteiger partial charge is 0.356 e. The number of carbonyl (C=O) groups excluding carboxylic acids is 1. The van der Waals surface area contributed by atoms with Crippen molar-refractivity contribution < 1.29 is 4.79 Å². The molecule has 0 atom stereocenters. The predicted octanol–water partition coefficient (Wildman–Crippen LogP) is 1.35. The third-order valence-electron chi connectivity index (χ3n) is 3.19. The Balaban J connectivity index is 0.00000324. The molecule has 1 fully saturated rings. The molecule has 4 nitrogen and oxygen atoms in total.